The Morgan fingerprint density at radius 2 is 1.17 bits per heavy atom. The van der Waals surface area contributed by atoms with Gasteiger partial charge >= 0.3 is 0 Å². The van der Waals surface area contributed by atoms with E-state index in [0.29, 0.717) is 0 Å². The van der Waals surface area contributed by atoms with E-state index in [2.05, 4.69) is 92.7 Å². The second-order valence-corrected chi connectivity index (χ2v) is 5.68. The molecule has 0 heterocycles. The lowest BCUT2D eigenvalue weighted by atomic mass is 10.0. The van der Waals surface area contributed by atoms with E-state index < -0.39 is 0 Å². The molecule has 0 amide bonds. The molecule has 0 aliphatic carbocycles. The molecule has 3 rings (SSSR count). The van der Waals surface area contributed by atoms with Crippen LogP contribution in [-0.2, 0) is 0 Å². The maximum Gasteiger partial charge on any atom is -0.0184 e. The van der Waals surface area contributed by atoms with E-state index in [1.54, 1.807) is 0 Å². The first-order valence-electron chi connectivity index (χ1n) is 8.63. The Hall–Kier alpha value is -2.60. The molecular formula is C24H26. The van der Waals surface area contributed by atoms with E-state index >= 15 is 0 Å². The third kappa shape index (κ3) is 4.70. The molecule has 0 nitrogen and oxygen atoms in total. The summed E-state index contributed by atoms with van der Waals surface area (Å²) in [5, 5.41) is 0. The van der Waals surface area contributed by atoms with E-state index in [1.165, 1.54) is 33.4 Å². The van der Waals surface area contributed by atoms with Crippen molar-refractivity contribution in [3.63, 3.8) is 0 Å². The molecule has 0 aliphatic rings. The van der Waals surface area contributed by atoms with Gasteiger partial charge in [0.25, 0.3) is 0 Å². The number of hydrogen-bond donors (Lipinski definition) is 0. The van der Waals surface area contributed by atoms with Gasteiger partial charge in [-0.3, -0.25) is 0 Å². The fourth-order valence-electron chi connectivity index (χ4n) is 2.55. The van der Waals surface area contributed by atoms with Crippen LogP contribution in [0, 0.1) is 6.92 Å². The number of allylic oxidation sites excluding steroid dienone is 1. The fraction of sp³-hybridized carbons (Fsp3) is 0.167. The van der Waals surface area contributed by atoms with E-state index in [0.717, 1.165) is 0 Å². The first-order valence-corrected chi connectivity index (χ1v) is 8.63. The van der Waals surface area contributed by atoms with Gasteiger partial charge in [0.05, 0.1) is 0 Å². The fourth-order valence-corrected chi connectivity index (χ4v) is 2.55. The Kier molecular flexibility index (Phi) is 6.57. The predicted octanol–water partition coefficient (Wildman–Crippen LogP) is 7.25. The van der Waals surface area contributed by atoms with E-state index in [4.69, 9.17) is 0 Å². The van der Waals surface area contributed by atoms with Gasteiger partial charge < -0.3 is 0 Å². The number of rotatable bonds is 3. The van der Waals surface area contributed by atoms with E-state index in [9.17, 15) is 0 Å². The topological polar surface area (TPSA) is 0 Å². The lowest BCUT2D eigenvalue weighted by Gasteiger charge is -2.05. The lowest BCUT2D eigenvalue weighted by Crippen LogP contribution is -1.81. The lowest BCUT2D eigenvalue weighted by molar-refractivity contribution is 1.47. The van der Waals surface area contributed by atoms with Crippen molar-refractivity contribution in [1.82, 2.24) is 0 Å². The van der Waals surface area contributed by atoms with Crippen molar-refractivity contribution in [2.75, 3.05) is 0 Å². The molecule has 0 fully saturated rings. The third-order valence-electron chi connectivity index (χ3n) is 3.91. The highest BCUT2D eigenvalue weighted by Gasteiger charge is 1.98. The molecule has 3 aromatic rings. The first kappa shape index (κ1) is 17.7. The highest BCUT2D eigenvalue weighted by Crippen LogP contribution is 2.22. The van der Waals surface area contributed by atoms with Crippen LogP contribution in [0.15, 0.2) is 78.9 Å². The second kappa shape index (κ2) is 8.88. The summed E-state index contributed by atoms with van der Waals surface area (Å²) in [6.07, 6.45) is 2.23. The summed E-state index contributed by atoms with van der Waals surface area (Å²) in [6.45, 7) is 8.27. The van der Waals surface area contributed by atoms with Gasteiger partial charge in [0.1, 0.15) is 0 Å². The average Bonchev–Trinajstić information content (AvgIpc) is 2.65. The number of hydrogen-bond acceptors (Lipinski definition) is 0. The largest absolute Gasteiger partial charge is 0.0683 e. The monoisotopic (exact) mass is 314 g/mol. The molecule has 0 saturated heterocycles. The summed E-state index contributed by atoms with van der Waals surface area (Å²) in [5.74, 6) is 0. The minimum Gasteiger partial charge on any atom is -0.0683 e. The molecule has 0 unspecified atom stereocenters. The maximum absolute atomic E-state index is 2.23. The summed E-state index contributed by atoms with van der Waals surface area (Å²) in [4.78, 5) is 0. The zero-order valence-corrected chi connectivity index (χ0v) is 15.1. The number of aryl methyl sites for hydroxylation is 1. The summed E-state index contributed by atoms with van der Waals surface area (Å²) >= 11 is 0. The van der Waals surface area contributed by atoms with E-state index in [-0.39, 0.29) is 0 Å². The molecule has 0 saturated carbocycles. The van der Waals surface area contributed by atoms with Crippen molar-refractivity contribution in [1.29, 1.82) is 0 Å². The molecule has 0 radical (unpaired) electrons. The SMILES string of the molecule is C/C(=C/c1ccc(-c2ccc(C)cc2)cc1)c1ccccc1.CC. The molecule has 0 aliphatic heterocycles. The molecule has 3 aromatic carbocycles. The molecule has 0 bridgehead atoms. The van der Waals surface area contributed by atoms with E-state index in [1.807, 2.05) is 19.9 Å². The normalized spacial score (nSPS) is 10.8. The zero-order chi connectivity index (χ0) is 17.4. The second-order valence-electron chi connectivity index (χ2n) is 5.68. The Bertz CT molecular complexity index is 761. The van der Waals surface area contributed by atoms with Gasteiger partial charge in [-0.15, -0.1) is 0 Å². The Labute approximate surface area is 146 Å². The minimum absolute atomic E-state index is 1.23. The summed E-state index contributed by atoms with van der Waals surface area (Å²) < 4.78 is 0. The Morgan fingerprint density at radius 3 is 1.71 bits per heavy atom. The van der Waals surface area contributed by atoms with Crippen LogP contribution in [0.5, 0.6) is 0 Å². The van der Waals surface area contributed by atoms with Gasteiger partial charge in [-0.05, 0) is 41.7 Å². The highest BCUT2D eigenvalue weighted by atomic mass is 14.0. The van der Waals surface area contributed by atoms with Crippen LogP contribution in [0.25, 0.3) is 22.8 Å². The molecule has 0 atom stereocenters. The zero-order valence-electron chi connectivity index (χ0n) is 15.1. The van der Waals surface area contributed by atoms with Crippen molar-refractivity contribution in [3.05, 3.63) is 95.6 Å². The molecular weight excluding hydrogens is 288 g/mol. The van der Waals surface area contributed by atoms with Gasteiger partial charge in [-0.1, -0.05) is 104 Å². The van der Waals surface area contributed by atoms with Crippen molar-refractivity contribution in [2.45, 2.75) is 27.7 Å². The molecule has 0 spiro atoms. The standard InChI is InChI=1S/C22H20.C2H6/c1-17-8-12-21(13-9-17)22-14-10-19(11-15-22)16-18(2)20-6-4-3-5-7-20;1-2/h3-16H,1-2H3;1-2H3/b18-16-;. The van der Waals surface area contributed by atoms with Crippen molar-refractivity contribution >= 4 is 11.6 Å². The predicted molar refractivity (Wildman–Crippen MR) is 108 cm³/mol. The molecule has 122 valence electrons. The van der Waals surface area contributed by atoms with Gasteiger partial charge in [0.15, 0.2) is 0 Å². The molecule has 0 heteroatoms. The smallest absolute Gasteiger partial charge is 0.0184 e. The van der Waals surface area contributed by atoms with Crippen LogP contribution in [0.1, 0.15) is 37.5 Å². The van der Waals surface area contributed by atoms with Crippen LogP contribution in [0.2, 0.25) is 0 Å². The van der Waals surface area contributed by atoms with Crippen LogP contribution >= 0.6 is 0 Å². The van der Waals surface area contributed by atoms with Crippen molar-refractivity contribution < 1.29 is 0 Å². The van der Waals surface area contributed by atoms with Crippen LogP contribution in [0.3, 0.4) is 0 Å². The summed E-state index contributed by atoms with van der Waals surface area (Å²) in [5.41, 5.74) is 7.60. The summed E-state index contributed by atoms with van der Waals surface area (Å²) in [6, 6.07) is 27.9. The highest BCUT2D eigenvalue weighted by molar-refractivity contribution is 5.80. The quantitative estimate of drug-likeness (QED) is 0.447. The van der Waals surface area contributed by atoms with Gasteiger partial charge in [0.2, 0.25) is 0 Å². The molecule has 0 aromatic heterocycles. The molecule has 0 N–H and O–H groups in total. The molecule has 24 heavy (non-hydrogen) atoms. The van der Waals surface area contributed by atoms with Crippen LogP contribution in [-0.4, -0.2) is 0 Å². The Morgan fingerprint density at radius 1 is 0.667 bits per heavy atom. The Balaban J connectivity index is 0.00000100. The third-order valence-corrected chi connectivity index (χ3v) is 3.91. The first-order chi connectivity index (χ1) is 11.7. The van der Waals surface area contributed by atoms with Crippen molar-refractivity contribution in [3.8, 4) is 11.1 Å². The van der Waals surface area contributed by atoms with Gasteiger partial charge in [-0.25, -0.2) is 0 Å². The van der Waals surface area contributed by atoms with Gasteiger partial charge in [-0.2, -0.15) is 0 Å². The number of benzene rings is 3. The average molecular weight is 314 g/mol. The van der Waals surface area contributed by atoms with Gasteiger partial charge in [0, 0.05) is 0 Å². The maximum atomic E-state index is 2.23. The van der Waals surface area contributed by atoms with Crippen molar-refractivity contribution in [2.24, 2.45) is 0 Å². The summed E-state index contributed by atoms with van der Waals surface area (Å²) in [7, 11) is 0. The minimum atomic E-state index is 1.23. The van der Waals surface area contributed by atoms with Crippen LogP contribution < -0.4 is 0 Å². The van der Waals surface area contributed by atoms with Crippen LogP contribution in [0.4, 0.5) is 0 Å².